The smallest absolute Gasteiger partial charge is 0.133 e. The Kier molecular flexibility index (Phi) is 3.65. The number of rotatable bonds is 3. The van der Waals surface area contributed by atoms with Crippen molar-refractivity contribution in [3.63, 3.8) is 0 Å². The minimum absolute atomic E-state index is 0.0142. The van der Waals surface area contributed by atoms with Crippen LogP contribution >= 0.6 is 23.2 Å². The first-order valence-electron chi connectivity index (χ1n) is 4.05. The summed E-state index contributed by atoms with van der Waals surface area (Å²) in [4.78, 5) is -0.414. The van der Waals surface area contributed by atoms with Gasteiger partial charge in [0.1, 0.15) is 12.4 Å². The van der Waals surface area contributed by atoms with Crippen molar-refractivity contribution in [1.82, 2.24) is 0 Å². The molecule has 0 aromatic carbocycles. The lowest BCUT2D eigenvalue weighted by Crippen LogP contribution is -2.17. The Hall–Kier alpha value is -0.180. The maximum Gasteiger partial charge on any atom is 0.133 e. The van der Waals surface area contributed by atoms with Crippen LogP contribution in [0.4, 0.5) is 0 Å². The highest BCUT2D eigenvalue weighted by molar-refractivity contribution is 6.32. The third-order valence-electron chi connectivity index (χ3n) is 1.70. The minimum atomic E-state index is -0.414. The van der Waals surface area contributed by atoms with Crippen LogP contribution < -0.4 is 0 Å². The van der Waals surface area contributed by atoms with Gasteiger partial charge in [0, 0.05) is 6.42 Å². The molecule has 1 aliphatic carbocycles. The average molecular weight is 223 g/mol. The fraction of sp³-hybridized carbons (Fsp3) is 0.556. The van der Waals surface area contributed by atoms with Gasteiger partial charge in [0.05, 0.1) is 16.5 Å². The number of alkyl halides is 1. The van der Waals surface area contributed by atoms with Crippen molar-refractivity contribution in [2.75, 3.05) is 13.2 Å². The van der Waals surface area contributed by atoms with Crippen molar-refractivity contribution in [3.05, 3.63) is 22.9 Å². The SMILES string of the molecule is CC1(Cl)C=CC(OCCO)=C(Cl)C1. The number of hydrogen-bond donors (Lipinski definition) is 1. The van der Waals surface area contributed by atoms with Crippen LogP contribution in [0.1, 0.15) is 13.3 Å². The molecule has 0 bridgehead atoms. The molecule has 0 aromatic heterocycles. The van der Waals surface area contributed by atoms with Crippen LogP contribution in [-0.2, 0) is 4.74 Å². The summed E-state index contributed by atoms with van der Waals surface area (Å²) >= 11 is 12.0. The molecule has 0 saturated carbocycles. The van der Waals surface area contributed by atoms with Gasteiger partial charge in [-0.2, -0.15) is 0 Å². The summed E-state index contributed by atoms with van der Waals surface area (Å²) in [5, 5.41) is 9.15. The summed E-state index contributed by atoms with van der Waals surface area (Å²) in [5.41, 5.74) is 0. The Morgan fingerprint density at radius 2 is 2.38 bits per heavy atom. The van der Waals surface area contributed by atoms with Crippen molar-refractivity contribution < 1.29 is 9.84 Å². The molecule has 0 aliphatic heterocycles. The zero-order valence-electron chi connectivity index (χ0n) is 7.39. The molecule has 0 aromatic rings. The molecule has 1 rings (SSSR count). The summed E-state index contributed by atoms with van der Waals surface area (Å²) < 4.78 is 5.19. The Labute approximate surface area is 87.8 Å². The van der Waals surface area contributed by atoms with E-state index >= 15 is 0 Å². The van der Waals surface area contributed by atoms with E-state index in [1.54, 1.807) is 6.08 Å². The third kappa shape index (κ3) is 3.22. The molecule has 13 heavy (non-hydrogen) atoms. The van der Waals surface area contributed by atoms with Crippen molar-refractivity contribution in [2.45, 2.75) is 18.2 Å². The lowest BCUT2D eigenvalue weighted by atomic mass is 10.0. The molecule has 0 radical (unpaired) electrons. The second-order valence-corrected chi connectivity index (χ2v) is 4.45. The fourth-order valence-electron chi connectivity index (χ4n) is 1.07. The van der Waals surface area contributed by atoms with Crippen LogP contribution in [0.15, 0.2) is 22.9 Å². The Morgan fingerprint density at radius 3 is 2.92 bits per heavy atom. The van der Waals surface area contributed by atoms with Gasteiger partial charge in [-0.15, -0.1) is 11.6 Å². The molecule has 0 spiro atoms. The second kappa shape index (κ2) is 4.36. The van der Waals surface area contributed by atoms with Crippen LogP contribution in [0.25, 0.3) is 0 Å². The summed E-state index contributed by atoms with van der Waals surface area (Å²) in [6.45, 7) is 2.13. The number of aliphatic hydroxyl groups is 1. The monoisotopic (exact) mass is 222 g/mol. The van der Waals surface area contributed by atoms with E-state index in [2.05, 4.69) is 0 Å². The third-order valence-corrected chi connectivity index (χ3v) is 2.28. The van der Waals surface area contributed by atoms with E-state index in [1.165, 1.54) is 0 Å². The van der Waals surface area contributed by atoms with E-state index in [9.17, 15) is 0 Å². The van der Waals surface area contributed by atoms with Gasteiger partial charge in [-0.1, -0.05) is 17.7 Å². The summed E-state index contributed by atoms with van der Waals surface area (Å²) in [6.07, 6.45) is 4.15. The predicted octanol–water partition coefficient (Wildman–Crippen LogP) is 2.40. The Bertz CT molecular complexity index is 244. The van der Waals surface area contributed by atoms with Crippen molar-refractivity contribution in [2.24, 2.45) is 0 Å². The van der Waals surface area contributed by atoms with Gasteiger partial charge in [-0.3, -0.25) is 0 Å². The number of allylic oxidation sites excluding steroid dienone is 3. The normalized spacial score (nSPS) is 28.0. The van der Waals surface area contributed by atoms with E-state index < -0.39 is 4.87 Å². The van der Waals surface area contributed by atoms with E-state index in [0.29, 0.717) is 17.2 Å². The molecule has 2 nitrogen and oxygen atoms in total. The van der Waals surface area contributed by atoms with Crippen LogP contribution in [0, 0.1) is 0 Å². The van der Waals surface area contributed by atoms with Gasteiger partial charge in [-0.05, 0) is 13.0 Å². The quantitative estimate of drug-likeness (QED) is 0.744. The number of hydrogen-bond acceptors (Lipinski definition) is 2. The van der Waals surface area contributed by atoms with Crippen molar-refractivity contribution >= 4 is 23.2 Å². The molecule has 1 atom stereocenters. The molecule has 74 valence electrons. The van der Waals surface area contributed by atoms with Crippen LogP contribution in [0.3, 0.4) is 0 Å². The number of halogens is 2. The van der Waals surface area contributed by atoms with E-state index in [1.807, 2.05) is 13.0 Å². The van der Waals surface area contributed by atoms with Gasteiger partial charge < -0.3 is 9.84 Å². The summed E-state index contributed by atoms with van der Waals surface area (Å²) in [6, 6.07) is 0. The van der Waals surface area contributed by atoms with Gasteiger partial charge in [0.2, 0.25) is 0 Å². The predicted molar refractivity (Wildman–Crippen MR) is 53.9 cm³/mol. The first-order valence-corrected chi connectivity index (χ1v) is 4.81. The highest BCUT2D eigenvalue weighted by Gasteiger charge is 2.24. The molecule has 4 heteroatoms. The van der Waals surface area contributed by atoms with Gasteiger partial charge in [0.15, 0.2) is 0 Å². The lowest BCUT2D eigenvalue weighted by molar-refractivity contribution is 0.150. The zero-order chi connectivity index (χ0) is 9.90. The summed E-state index contributed by atoms with van der Waals surface area (Å²) in [5.74, 6) is 0.605. The topological polar surface area (TPSA) is 29.5 Å². The van der Waals surface area contributed by atoms with Gasteiger partial charge in [0.25, 0.3) is 0 Å². The van der Waals surface area contributed by atoms with E-state index in [4.69, 9.17) is 33.0 Å². The Morgan fingerprint density at radius 1 is 1.69 bits per heavy atom. The highest BCUT2D eigenvalue weighted by Crippen LogP contribution is 2.34. The highest BCUT2D eigenvalue weighted by atomic mass is 35.5. The maximum absolute atomic E-state index is 8.55. The van der Waals surface area contributed by atoms with Crippen LogP contribution in [0.5, 0.6) is 0 Å². The second-order valence-electron chi connectivity index (χ2n) is 3.13. The molecule has 0 fully saturated rings. The molecule has 1 N–H and O–H groups in total. The summed E-state index contributed by atoms with van der Waals surface area (Å²) in [7, 11) is 0. The first-order chi connectivity index (χ1) is 6.05. The molecule has 1 aliphatic rings. The molecular weight excluding hydrogens is 211 g/mol. The maximum atomic E-state index is 8.55. The van der Waals surface area contributed by atoms with E-state index in [0.717, 1.165) is 0 Å². The van der Waals surface area contributed by atoms with Crippen LogP contribution in [-0.4, -0.2) is 23.2 Å². The first kappa shape index (κ1) is 10.9. The van der Waals surface area contributed by atoms with Gasteiger partial charge in [-0.25, -0.2) is 0 Å². The molecule has 1 unspecified atom stereocenters. The number of aliphatic hydroxyl groups excluding tert-OH is 1. The van der Waals surface area contributed by atoms with Crippen molar-refractivity contribution in [3.8, 4) is 0 Å². The van der Waals surface area contributed by atoms with Gasteiger partial charge >= 0.3 is 0 Å². The Balaban J connectivity index is 2.62. The molecule has 0 saturated heterocycles. The van der Waals surface area contributed by atoms with Crippen LogP contribution in [0.2, 0.25) is 0 Å². The molecule has 0 amide bonds. The fourth-order valence-corrected chi connectivity index (χ4v) is 1.73. The number of ether oxygens (including phenoxy) is 1. The lowest BCUT2D eigenvalue weighted by Gasteiger charge is -2.22. The zero-order valence-corrected chi connectivity index (χ0v) is 8.90. The average Bonchev–Trinajstić information content (AvgIpc) is 2.02. The van der Waals surface area contributed by atoms with Crippen molar-refractivity contribution in [1.29, 1.82) is 0 Å². The standard InChI is InChI=1S/C9H12Cl2O2/c1-9(11)3-2-8(7(10)6-9)13-5-4-12/h2-3,12H,4-6H2,1H3. The molecular formula is C9H12Cl2O2. The minimum Gasteiger partial charge on any atom is -0.490 e. The molecule has 0 heterocycles. The van der Waals surface area contributed by atoms with E-state index in [-0.39, 0.29) is 13.2 Å². The largest absolute Gasteiger partial charge is 0.490 e.